The van der Waals surface area contributed by atoms with Crippen LogP contribution in [0.2, 0.25) is 0 Å². The maximum absolute atomic E-state index is 14.1. The lowest BCUT2D eigenvalue weighted by molar-refractivity contribution is -0.136. The molecular formula is C16H15F2NO2. The number of carboxylic acids is 1. The highest BCUT2D eigenvalue weighted by atomic mass is 19.1. The molecule has 0 heterocycles. The standard InChI is InChI=1S/C16H15F2NO2/c17-13-6-7-14(16(18)12(13)10-15(20)21)19-9-8-11-4-2-1-3-5-11/h1-7,19H,8-10H2,(H,20,21). The molecule has 21 heavy (non-hydrogen) atoms. The molecule has 2 rings (SSSR count). The number of aliphatic carboxylic acids is 1. The minimum Gasteiger partial charge on any atom is -0.481 e. The lowest BCUT2D eigenvalue weighted by Crippen LogP contribution is -2.11. The van der Waals surface area contributed by atoms with Crippen LogP contribution in [-0.2, 0) is 17.6 Å². The van der Waals surface area contributed by atoms with Crippen LogP contribution < -0.4 is 5.32 Å². The van der Waals surface area contributed by atoms with Crippen molar-refractivity contribution >= 4 is 11.7 Å². The molecule has 0 radical (unpaired) electrons. The van der Waals surface area contributed by atoms with Gasteiger partial charge in [-0.2, -0.15) is 0 Å². The second-order valence-corrected chi connectivity index (χ2v) is 4.62. The Labute approximate surface area is 121 Å². The van der Waals surface area contributed by atoms with Crippen LogP contribution >= 0.6 is 0 Å². The molecule has 2 N–H and O–H groups in total. The second kappa shape index (κ2) is 6.83. The molecule has 0 aliphatic carbocycles. The van der Waals surface area contributed by atoms with Gasteiger partial charge in [-0.25, -0.2) is 8.78 Å². The molecule has 0 aromatic heterocycles. The molecule has 0 aliphatic heterocycles. The maximum atomic E-state index is 14.1. The van der Waals surface area contributed by atoms with Crippen LogP contribution in [0.1, 0.15) is 11.1 Å². The van der Waals surface area contributed by atoms with E-state index >= 15 is 0 Å². The van der Waals surface area contributed by atoms with Crippen LogP contribution in [0.15, 0.2) is 42.5 Å². The number of halogens is 2. The minimum absolute atomic E-state index is 0.114. The van der Waals surface area contributed by atoms with Gasteiger partial charge in [-0.3, -0.25) is 4.79 Å². The van der Waals surface area contributed by atoms with Crippen molar-refractivity contribution in [3.63, 3.8) is 0 Å². The van der Waals surface area contributed by atoms with E-state index < -0.39 is 29.6 Å². The molecule has 0 saturated carbocycles. The molecule has 0 spiro atoms. The molecule has 3 nitrogen and oxygen atoms in total. The predicted molar refractivity (Wildman–Crippen MR) is 76.3 cm³/mol. The van der Waals surface area contributed by atoms with Gasteiger partial charge in [-0.1, -0.05) is 30.3 Å². The van der Waals surface area contributed by atoms with Crippen molar-refractivity contribution in [2.24, 2.45) is 0 Å². The topological polar surface area (TPSA) is 49.3 Å². The van der Waals surface area contributed by atoms with Crippen molar-refractivity contribution in [2.75, 3.05) is 11.9 Å². The molecule has 2 aromatic rings. The van der Waals surface area contributed by atoms with Gasteiger partial charge in [0.2, 0.25) is 0 Å². The van der Waals surface area contributed by atoms with Crippen molar-refractivity contribution < 1.29 is 18.7 Å². The third kappa shape index (κ3) is 4.02. The molecule has 0 fully saturated rings. The van der Waals surface area contributed by atoms with Gasteiger partial charge in [-0.05, 0) is 24.1 Å². The first kappa shape index (κ1) is 15.0. The van der Waals surface area contributed by atoms with Crippen LogP contribution in [0.4, 0.5) is 14.5 Å². The van der Waals surface area contributed by atoms with Crippen LogP contribution in [0.25, 0.3) is 0 Å². The number of carbonyl (C=O) groups is 1. The van der Waals surface area contributed by atoms with Crippen molar-refractivity contribution in [3.05, 3.63) is 65.2 Å². The Hall–Kier alpha value is -2.43. The van der Waals surface area contributed by atoms with Gasteiger partial charge in [0.25, 0.3) is 0 Å². The average Bonchev–Trinajstić information content (AvgIpc) is 2.47. The largest absolute Gasteiger partial charge is 0.481 e. The molecule has 110 valence electrons. The number of nitrogens with one attached hydrogen (secondary N) is 1. The van der Waals surface area contributed by atoms with Crippen molar-refractivity contribution in [1.29, 1.82) is 0 Å². The summed E-state index contributed by atoms with van der Waals surface area (Å²) in [4.78, 5) is 10.6. The SMILES string of the molecule is O=C(O)Cc1c(F)ccc(NCCc2ccccc2)c1F. The van der Waals surface area contributed by atoms with E-state index in [1.54, 1.807) is 0 Å². The Morgan fingerprint density at radius 1 is 1.10 bits per heavy atom. The van der Waals surface area contributed by atoms with Crippen molar-refractivity contribution in [1.82, 2.24) is 0 Å². The molecule has 0 bridgehead atoms. The van der Waals surface area contributed by atoms with E-state index in [1.807, 2.05) is 30.3 Å². The molecule has 0 atom stereocenters. The first-order chi connectivity index (χ1) is 10.1. The molecule has 0 aliphatic rings. The average molecular weight is 291 g/mol. The summed E-state index contributed by atoms with van der Waals surface area (Å²) in [7, 11) is 0. The fourth-order valence-corrected chi connectivity index (χ4v) is 2.03. The van der Waals surface area contributed by atoms with Gasteiger partial charge < -0.3 is 10.4 Å². The summed E-state index contributed by atoms with van der Waals surface area (Å²) in [6, 6.07) is 12.0. The van der Waals surface area contributed by atoms with E-state index in [0.717, 1.165) is 11.6 Å². The minimum atomic E-state index is -1.27. The summed E-state index contributed by atoms with van der Waals surface area (Å²) in [6.45, 7) is 0.471. The Morgan fingerprint density at radius 3 is 2.48 bits per heavy atom. The van der Waals surface area contributed by atoms with Crippen LogP contribution in [0, 0.1) is 11.6 Å². The van der Waals surface area contributed by atoms with E-state index in [0.29, 0.717) is 13.0 Å². The summed E-state index contributed by atoms with van der Waals surface area (Å²) in [5.41, 5.74) is 0.786. The highest BCUT2D eigenvalue weighted by Gasteiger charge is 2.16. The summed E-state index contributed by atoms with van der Waals surface area (Å²) in [5.74, 6) is -2.96. The van der Waals surface area contributed by atoms with Gasteiger partial charge in [0, 0.05) is 12.1 Å². The summed E-state index contributed by atoms with van der Waals surface area (Å²) in [5, 5.41) is 11.5. The van der Waals surface area contributed by atoms with Gasteiger partial charge in [0.15, 0.2) is 5.82 Å². The quantitative estimate of drug-likeness (QED) is 0.859. The first-order valence-electron chi connectivity index (χ1n) is 6.54. The van der Waals surface area contributed by atoms with Gasteiger partial charge in [0.1, 0.15) is 5.82 Å². The fraction of sp³-hybridized carbons (Fsp3) is 0.188. The molecule has 0 saturated heterocycles. The van der Waals surface area contributed by atoms with Gasteiger partial charge >= 0.3 is 5.97 Å². The zero-order valence-corrected chi connectivity index (χ0v) is 11.3. The van der Waals surface area contributed by atoms with E-state index in [2.05, 4.69) is 5.32 Å². The number of anilines is 1. The lowest BCUT2D eigenvalue weighted by Gasteiger charge is -2.11. The zero-order chi connectivity index (χ0) is 15.2. The maximum Gasteiger partial charge on any atom is 0.308 e. The highest BCUT2D eigenvalue weighted by molar-refractivity contribution is 5.71. The van der Waals surface area contributed by atoms with E-state index in [9.17, 15) is 13.6 Å². The van der Waals surface area contributed by atoms with E-state index in [1.165, 1.54) is 6.07 Å². The van der Waals surface area contributed by atoms with Gasteiger partial charge in [0.05, 0.1) is 12.1 Å². The molecule has 0 amide bonds. The van der Waals surface area contributed by atoms with E-state index in [-0.39, 0.29) is 5.69 Å². The lowest BCUT2D eigenvalue weighted by atomic mass is 10.1. The highest BCUT2D eigenvalue weighted by Crippen LogP contribution is 2.21. The Kier molecular flexibility index (Phi) is 4.87. The normalized spacial score (nSPS) is 10.4. The zero-order valence-electron chi connectivity index (χ0n) is 11.3. The number of benzene rings is 2. The third-order valence-electron chi connectivity index (χ3n) is 3.09. The number of hydrogen-bond donors (Lipinski definition) is 2. The predicted octanol–water partition coefficient (Wildman–Crippen LogP) is 3.25. The van der Waals surface area contributed by atoms with Crippen LogP contribution in [0.3, 0.4) is 0 Å². The summed E-state index contributed by atoms with van der Waals surface area (Å²) < 4.78 is 27.5. The van der Waals surface area contributed by atoms with Crippen molar-refractivity contribution in [2.45, 2.75) is 12.8 Å². The van der Waals surface area contributed by atoms with Crippen LogP contribution in [-0.4, -0.2) is 17.6 Å². The Morgan fingerprint density at radius 2 is 1.81 bits per heavy atom. The molecule has 2 aromatic carbocycles. The third-order valence-corrected chi connectivity index (χ3v) is 3.09. The summed E-state index contributed by atoms with van der Waals surface area (Å²) in [6.07, 6.45) is 0.0117. The Balaban J connectivity index is 2.05. The smallest absolute Gasteiger partial charge is 0.308 e. The summed E-state index contributed by atoms with van der Waals surface area (Å²) >= 11 is 0. The van der Waals surface area contributed by atoms with Crippen LogP contribution in [0.5, 0.6) is 0 Å². The fourth-order valence-electron chi connectivity index (χ4n) is 2.03. The first-order valence-corrected chi connectivity index (χ1v) is 6.54. The molecule has 5 heteroatoms. The number of carboxylic acid groups (broad SMARTS) is 1. The van der Waals surface area contributed by atoms with E-state index in [4.69, 9.17) is 5.11 Å². The second-order valence-electron chi connectivity index (χ2n) is 4.62. The number of hydrogen-bond acceptors (Lipinski definition) is 2. The monoisotopic (exact) mass is 291 g/mol. The molecule has 0 unspecified atom stereocenters. The van der Waals surface area contributed by atoms with Crippen molar-refractivity contribution in [3.8, 4) is 0 Å². The molecular weight excluding hydrogens is 276 g/mol. The van der Waals surface area contributed by atoms with Gasteiger partial charge in [-0.15, -0.1) is 0 Å². The number of rotatable bonds is 6. The Bertz CT molecular complexity index is 630.